The standard InChI is InChI=1S/C19H18NO3/c1-2-14-10-13-18(15-6-4-3-5-7-15)23-19(14)16-8-11-17(12-9-16)20(21)22/h2-9,11-12,18-19H,1,10,13H2/b14-2+. The average Bonchev–Trinajstić information content (AvgIpc) is 2.62. The third-order valence-electron chi connectivity index (χ3n) is 4.17. The van der Waals surface area contributed by atoms with Gasteiger partial charge in [0.05, 0.1) is 11.0 Å². The maximum absolute atomic E-state index is 10.8. The van der Waals surface area contributed by atoms with Crippen LogP contribution in [0.2, 0.25) is 0 Å². The van der Waals surface area contributed by atoms with Crippen molar-refractivity contribution in [1.82, 2.24) is 0 Å². The van der Waals surface area contributed by atoms with E-state index in [2.05, 4.69) is 19.1 Å². The van der Waals surface area contributed by atoms with Gasteiger partial charge in [-0.3, -0.25) is 10.1 Å². The fraction of sp³-hybridized carbons (Fsp3) is 0.211. The molecule has 0 spiro atoms. The van der Waals surface area contributed by atoms with E-state index in [-0.39, 0.29) is 17.9 Å². The number of nitro benzene ring substituents is 1. The van der Waals surface area contributed by atoms with Crippen molar-refractivity contribution in [2.75, 3.05) is 0 Å². The number of allylic oxidation sites excluding steroid dienone is 1. The van der Waals surface area contributed by atoms with Gasteiger partial charge >= 0.3 is 0 Å². The summed E-state index contributed by atoms with van der Waals surface area (Å²) >= 11 is 0. The van der Waals surface area contributed by atoms with E-state index >= 15 is 0 Å². The van der Waals surface area contributed by atoms with E-state index in [1.165, 1.54) is 12.1 Å². The SMILES string of the molecule is [CH2]/C=C1\CCC(c2ccccc2)OC1c1ccc([N+](=O)[O-])cc1. The molecular formula is C19H18NO3. The number of hydrogen-bond acceptors (Lipinski definition) is 3. The monoisotopic (exact) mass is 308 g/mol. The summed E-state index contributed by atoms with van der Waals surface area (Å²) in [6.07, 6.45) is 3.49. The van der Waals surface area contributed by atoms with Crippen molar-refractivity contribution in [2.45, 2.75) is 25.0 Å². The number of ether oxygens (including phenoxy) is 1. The van der Waals surface area contributed by atoms with Gasteiger partial charge in [0.15, 0.2) is 0 Å². The first-order valence-electron chi connectivity index (χ1n) is 7.62. The first-order chi connectivity index (χ1) is 11.2. The summed E-state index contributed by atoms with van der Waals surface area (Å²) in [6.45, 7) is 3.88. The molecule has 1 saturated heterocycles. The Bertz CT molecular complexity index is 707. The number of nitrogens with zero attached hydrogens (tertiary/aromatic N) is 1. The lowest BCUT2D eigenvalue weighted by Crippen LogP contribution is -2.18. The maximum Gasteiger partial charge on any atom is 0.269 e. The molecular weight excluding hydrogens is 290 g/mol. The molecule has 23 heavy (non-hydrogen) atoms. The van der Waals surface area contributed by atoms with E-state index in [0.717, 1.165) is 29.5 Å². The largest absolute Gasteiger partial charge is 0.361 e. The van der Waals surface area contributed by atoms with E-state index < -0.39 is 4.92 Å². The zero-order valence-corrected chi connectivity index (χ0v) is 12.7. The summed E-state index contributed by atoms with van der Waals surface area (Å²) in [5.74, 6) is 0. The van der Waals surface area contributed by atoms with Gasteiger partial charge in [0.1, 0.15) is 6.10 Å². The smallest absolute Gasteiger partial charge is 0.269 e. The van der Waals surface area contributed by atoms with Crippen molar-refractivity contribution in [3.63, 3.8) is 0 Å². The molecule has 2 unspecified atom stereocenters. The molecule has 4 heteroatoms. The third-order valence-corrected chi connectivity index (χ3v) is 4.17. The van der Waals surface area contributed by atoms with Crippen molar-refractivity contribution in [3.05, 3.63) is 94.4 Å². The van der Waals surface area contributed by atoms with Gasteiger partial charge in [-0.25, -0.2) is 0 Å². The van der Waals surface area contributed by atoms with Gasteiger partial charge in [-0.1, -0.05) is 36.4 Å². The molecule has 1 aliphatic rings. The van der Waals surface area contributed by atoms with E-state index in [4.69, 9.17) is 4.74 Å². The molecule has 4 nitrogen and oxygen atoms in total. The summed E-state index contributed by atoms with van der Waals surface area (Å²) in [5.41, 5.74) is 3.28. The number of benzene rings is 2. The number of rotatable bonds is 3. The second-order valence-corrected chi connectivity index (χ2v) is 5.58. The first-order valence-corrected chi connectivity index (χ1v) is 7.62. The van der Waals surface area contributed by atoms with Crippen LogP contribution in [0, 0.1) is 17.0 Å². The Kier molecular flexibility index (Phi) is 4.53. The van der Waals surface area contributed by atoms with E-state index in [0.29, 0.717) is 0 Å². The van der Waals surface area contributed by atoms with Gasteiger partial charge in [0.25, 0.3) is 5.69 Å². The molecule has 1 fully saturated rings. The average molecular weight is 308 g/mol. The molecule has 0 bridgehead atoms. The van der Waals surface area contributed by atoms with Crippen molar-refractivity contribution in [2.24, 2.45) is 0 Å². The Hall–Kier alpha value is -2.46. The normalized spacial score (nSPS) is 22.9. The lowest BCUT2D eigenvalue weighted by Gasteiger charge is -2.33. The molecule has 117 valence electrons. The van der Waals surface area contributed by atoms with Crippen LogP contribution < -0.4 is 0 Å². The van der Waals surface area contributed by atoms with Crippen LogP contribution in [0.15, 0.2) is 66.2 Å². The van der Waals surface area contributed by atoms with E-state index in [1.807, 2.05) is 24.3 Å². The van der Waals surface area contributed by atoms with Crippen molar-refractivity contribution >= 4 is 5.69 Å². The lowest BCUT2D eigenvalue weighted by atomic mass is 9.90. The molecule has 0 amide bonds. The Morgan fingerprint density at radius 3 is 2.39 bits per heavy atom. The quantitative estimate of drug-likeness (QED) is 0.595. The zero-order valence-electron chi connectivity index (χ0n) is 12.7. The Morgan fingerprint density at radius 2 is 1.78 bits per heavy atom. The molecule has 2 aromatic rings. The second-order valence-electron chi connectivity index (χ2n) is 5.58. The molecule has 1 aliphatic heterocycles. The van der Waals surface area contributed by atoms with Crippen LogP contribution in [0.4, 0.5) is 5.69 Å². The van der Waals surface area contributed by atoms with Gasteiger partial charge in [0.2, 0.25) is 0 Å². The Balaban J connectivity index is 1.86. The minimum atomic E-state index is -0.392. The van der Waals surface area contributed by atoms with Crippen molar-refractivity contribution in [3.8, 4) is 0 Å². The summed E-state index contributed by atoms with van der Waals surface area (Å²) in [5, 5.41) is 10.8. The molecule has 3 rings (SSSR count). The number of hydrogen-bond donors (Lipinski definition) is 0. The van der Waals surface area contributed by atoms with E-state index in [1.54, 1.807) is 12.1 Å². The molecule has 0 aliphatic carbocycles. The van der Waals surface area contributed by atoms with E-state index in [9.17, 15) is 10.1 Å². The van der Waals surface area contributed by atoms with Crippen LogP contribution in [0.1, 0.15) is 36.2 Å². The van der Waals surface area contributed by atoms with Crippen molar-refractivity contribution in [1.29, 1.82) is 0 Å². The van der Waals surface area contributed by atoms with Crippen LogP contribution in [0.25, 0.3) is 0 Å². The van der Waals surface area contributed by atoms with Crippen LogP contribution in [-0.2, 0) is 4.74 Å². The fourth-order valence-electron chi connectivity index (χ4n) is 2.93. The van der Waals surface area contributed by atoms with Gasteiger partial charge in [-0.05, 0) is 48.6 Å². The predicted octanol–water partition coefficient (Wildman–Crippen LogP) is 4.95. The molecule has 1 radical (unpaired) electrons. The lowest BCUT2D eigenvalue weighted by molar-refractivity contribution is -0.384. The van der Waals surface area contributed by atoms with Crippen molar-refractivity contribution < 1.29 is 9.66 Å². The van der Waals surface area contributed by atoms with Gasteiger partial charge in [-0.2, -0.15) is 0 Å². The van der Waals surface area contributed by atoms with Gasteiger partial charge in [0, 0.05) is 12.1 Å². The van der Waals surface area contributed by atoms with Crippen LogP contribution in [-0.4, -0.2) is 4.92 Å². The highest BCUT2D eigenvalue weighted by Gasteiger charge is 2.28. The zero-order chi connectivity index (χ0) is 16.2. The summed E-state index contributed by atoms with van der Waals surface area (Å²) in [7, 11) is 0. The van der Waals surface area contributed by atoms with Gasteiger partial charge < -0.3 is 4.74 Å². The van der Waals surface area contributed by atoms with Crippen LogP contribution in [0.3, 0.4) is 0 Å². The molecule has 0 aromatic heterocycles. The highest BCUT2D eigenvalue weighted by atomic mass is 16.6. The topological polar surface area (TPSA) is 52.4 Å². The molecule has 2 atom stereocenters. The molecule has 0 saturated carbocycles. The second kappa shape index (κ2) is 6.75. The molecule has 0 N–H and O–H groups in total. The summed E-state index contributed by atoms with van der Waals surface area (Å²) in [6, 6.07) is 16.7. The minimum Gasteiger partial charge on any atom is -0.361 e. The van der Waals surface area contributed by atoms with Crippen LogP contribution >= 0.6 is 0 Å². The Labute approximate surface area is 135 Å². The maximum atomic E-state index is 10.8. The predicted molar refractivity (Wildman–Crippen MR) is 88.8 cm³/mol. The summed E-state index contributed by atoms with van der Waals surface area (Å²) < 4.78 is 6.28. The van der Waals surface area contributed by atoms with Crippen LogP contribution in [0.5, 0.6) is 0 Å². The third kappa shape index (κ3) is 3.32. The highest BCUT2D eigenvalue weighted by Crippen LogP contribution is 2.42. The number of nitro groups is 1. The van der Waals surface area contributed by atoms with Gasteiger partial charge in [-0.15, -0.1) is 0 Å². The molecule has 2 aromatic carbocycles. The highest BCUT2D eigenvalue weighted by molar-refractivity contribution is 5.37. The minimum absolute atomic E-state index is 0.0279. The summed E-state index contributed by atoms with van der Waals surface area (Å²) in [4.78, 5) is 10.4. The Morgan fingerprint density at radius 1 is 1.09 bits per heavy atom. The first kappa shape index (κ1) is 15.4. The number of non-ortho nitro benzene ring substituents is 1. The molecule has 1 heterocycles. The fourth-order valence-corrected chi connectivity index (χ4v) is 2.93.